The average molecular weight is 277 g/mol. The fourth-order valence-electron chi connectivity index (χ4n) is 3.42. The van der Waals surface area contributed by atoms with Gasteiger partial charge in [-0.1, -0.05) is 27.7 Å². The van der Waals surface area contributed by atoms with Crippen molar-refractivity contribution < 1.29 is 0 Å². The van der Waals surface area contributed by atoms with Crippen molar-refractivity contribution in [1.29, 1.82) is 0 Å². The van der Waals surface area contributed by atoms with E-state index in [0.717, 1.165) is 24.9 Å². The molecule has 114 valence electrons. The first-order valence-electron chi connectivity index (χ1n) is 8.07. The molecule has 2 unspecified atom stereocenters. The number of aryl methyl sites for hydroxylation is 1. The molecule has 0 saturated heterocycles. The summed E-state index contributed by atoms with van der Waals surface area (Å²) < 4.78 is 1.94. The monoisotopic (exact) mass is 277 g/mol. The van der Waals surface area contributed by atoms with Crippen LogP contribution in [0.2, 0.25) is 0 Å². The molecule has 3 nitrogen and oxygen atoms in total. The van der Waals surface area contributed by atoms with Crippen LogP contribution in [0.25, 0.3) is 0 Å². The Balaban J connectivity index is 2.04. The summed E-state index contributed by atoms with van der Waals surface area (Å²) in [4.78, 5) is 0. The van der Waals surface area contributed by atoms with Crippen molar-refractivity contribution in [2.45, 2.75) is 52.9 Å². The lowest BCUT2D eigenvalue weighted by molar-refractivity contribution is 0.156. The Hall–Kier alpha value is -0.830. The van der Waals surface area contributed by atoms with Gasteiger partial charge in [0, 0.05) is 19.2 Å². The van der Waals surface area contributed by atoms with Crippen LogP contribution in [0, 0.1) is 17.3 Å². The molecule has 1 aliphatic carbocycles. The Bertz CT molecular complexity index is 420. The predicted molar refractivity (Wildman–Crippen MR) is 84.8 cm³/mol. The van der Waals surface area contributed by atoms with Gasteiger partial charge in [0.15, 0.2) is 0 Å². The van der Waals surface area contributed by atoms with Crippen LogP contribution < -0.4 is 5.32 Å². The smallest absolute Gasteiger partial charge is 0.0658 e. The van der Waals surface area contributed by atoms with E-state index in [1.54, 1.807) is 0 Å². The third-order valence-corrected chi connectivity index (χ3v) is 4.61. The van der Waals surface area contributed by atoms with Crippen LogP contribution in [0.4, 0.5) is 0 Å². The molecule has 3 heteroatoms. The molecule has 1 saturated carbocycles. The average Bonchev–Trinajstić information content (AvgIpc) is 2.77. The number of nitrogens with one attached hydrogen (secondary N) is 1. The van der Waals surface area contributed by atoms with Gasteiger partial charge in [-0.3, -0.25) is 4.68 Å². The number of nitrogens with zero attached hydrogens (tertiary/aromatic N) is 2. The SMILES string of the molecule is CC(C)CNCC1CCC(C)(C)CC1c1ccn(C)n1. The van der Waals surface area contributed by atoms with Gasteiger partial charge in [-0.15, -0.1) is 0 Å². The summed E-state index contributed by atoms with van der Waals surface area (Å²) in [5.74, 6) is 2.07. The lowest BCUT2D eigenvalue weighted by atomic mass is 9.66. The highest BCUT2D eigenvalue weighted by Crippen LogP contribution is 2.46. The second kappa shape index (κ2) is 6.30. The summed E-state index contributed by atoms with van der Waals surface area (Å²) in [5, 5.41) is 8.34. The van der Waals surface area contributed by atoms with Gasteiger partial charge in [0.05, 0.1) is 5.69 Å². The molecule has 1 aromatic heterocycles. The Morgan fingerprint density at radius 2 is 2.20 bits per heavy atom. The molecule has 0 aliphatic heterocycles. The van der Waals surface area contributed by atoms with E-state index >= 15 is 0 Å². The van der Waals surface area contributed by atoms with Crippen LogP contribution in [-0.4, -0.2) is 22.9 Å². The molecule has 0 amide bonds. The molecule has 2 rings (SSSR count). The van der Waals surface area contributed by atoms with Crippen LogP contribution in [0.5, 0.6) is 0 Å². The van der Waals surface area contributed by atoms with Crippen molar-refractivity contribution in [3.05, 3.63) is 18.0 Å². The van der Waals surface area contributed by atoms with Crippen molar-refractivity contribution in [3.63, 3.8) is 0 Å². The van der Waals surface area contributed by atoms with Crippen LogP contribution in [-0.2, 0) is 7.05 Å². The third-order valence-electron chi connectivity index (χ3n) is 4.61. The lowest BCUT2D eigenvalue weighted by Crippen LogP contribution is -2.36. The molecular weight excluding hydrogens is 246 g/mol. The van der Waals surface area contributed by atoms with E-state index in [-0.39, 0.29) is 0 Å². The standard InChI is InChI=1S/C17H31N3/c1-13(2)11-18-12-14-6-8-17(3,4)10-15(14)16-7-9-20(5)19-16/h7,9,13-15,18H,6,8,10-12H2,1-5H3. The Morgan fingerprint density at radius 1 is 1.45 bits per heavy atom. The Kier molecular flexibility index (Phi) is 4.90. The van der Waals surface area contributed by atoms with E-state index < -0.39 is 0 Å². The van der Waals surface area contributed by atoms with Crippen LogP contribution >= 0.6 is 0 Å². The molecule has 0 spiro atoms. The third kappa shape index (κ3) is 4.08. The van der Waals surface area contributed by atoms with Crippen molar-refractivity contribution in [2.24, 2.45) is 24.3 Å². The lowest BCUT2D eigenvalue weighted by Gasteiger charge is -2.40. The maximum atomic E-state index is 4.68. The molecular formula is C17H31N3. The maximum absolute atomic E-state index is 4.68. The highest BCUT2D eigenvalue weighted by molar-refractivity contribution is 5.11. The highest BCUT2D eigenvalue weighted by atomic mass is 15.2. The second-order valence-corrected chi connectivity index (χ2v) is 7.74. The zero-order chi connectivity index (χ0) is 14.8. The minimum atomic E-state index is 0.455. The van der Waals surface area contributed by atoms with Crippen molar-refractivity contribution in [1.82, 2.24) is 15.1 Å². The molecule has 20 heavy (non-hydrogen) atoms. The number of rotatable bonds is 5. The zero-order valence-corrected chi connectivity index (χ0v) is 13.8. The molecule has 1 N–H and O–H groups in total. The van der Waals surface area contributed by atoms with Crippen LogP contribution in [0.3, 0.4) is 0 Å². The maximum Gasteiger partial charge on any atom is 0.0658 e. The quantitative estimate of drug-likeness (QED) is 0.891. The number of hydrogen-bond acceptors (Lipinski definition) is 2. The normalized spacial score (nSPS) is 26.1. The van der Waals surface area contributed by atoms with Gasteiger partial charge in [0.25, 0.3) is 0 Å². The summed E-state index contributed by atoms with van der Waals surface area (Å²) in [5.41, 5.74) is 1.74. The summed E-state index contributed by atoms with van der Waals surface area (Å²) in [6, 6.07) is 2.21. The first kappa shape index (κ1) is 15.6. The van der Waals surface area contributed by atoms with E-state index in [1.165, 1.54) is 25.0 Å². The molecule has 1 heterocycles. The van der Waals surface area contributed by atoms with Gasteiger partial charge in [0.1, 0.15) is 0 Å². The number of hydrogen-bond donors (Lipinski definition) is 1. The van der Waals surface area contributed by atoms with Gasteiger partial charge in [-0.05, 0) is 55.7 Å². The van der Waals surface area contributed by atoms with E-state index in [2.05, 4.69) is 50.4 Å². The van der Waals surface area contributed by atoms with Crippen molar-refractivity contribution >= 4 is 0 Å². The predicted octanol–water partition coefficient (Wildman–Crippen LogP) is 3.58. The molecule has 0 bridgehead atoms. The van der Waals surface area contributed by atoms with Crippen LogP contribution in [0.1, 0.15) is 58.6 Å². The molecule has 0 aromatic carbocycles. The van der Waals surface area contributed by atoms with Gasteiger partial charge in [-0.25, -0.2) is 0 Å². The van der Waals surface area contributed by atoms with Gasteiger partial charge in [0.2, 0.25) is 0 Å². The van der Waals surface area contributed by atoms with Crippen molar-refractivity contribution in [3.8, 4) is 0 Å². The molecule has 0 radical (unpaired) electrons. The first-order valence-corrected chi connectivity index (χ1v) is 8.07. The summed E-state index contributed by atoms with van der Waals surface area (Å²) >= 11 is 0. The Labute approximate surface area is 124 Å². The molecule has 1 aromatic rings. The highest BCUT2D eigenvalue weighted by Gasteiger charge is 2.36. The largest absolute Gasteiger partial charge is 0.316 e. The fourth-order valence-corrected chi connectivity index (χ4v) is 3.42. The topological polar surface area (TPSA) is 29.9 Å². The minimum Gasteiger partial charge on any atom is -0.316 e. The van der Waals surface area contributed by atoms with Gasteiger partial charge >= 0.3 is 0 Å². The number of aromatic nitrogens is 2. The molecule has 1 fully saturated rings. The van der Waals surface area contributed by atoms with E-state index in [9.17, 15) is 0 Å². The summed E-state index contributed by atoms with van der Waals surface area (Å²) in [6.07, 6.45) is 6.00. The van der Waals surface area contributed by atoms with Gasteiger partial charge in [-0.2, -0.15) is 5.10 Å². The van der Waals surface area contributed by atoms with E-state index in [0.29, 0.717) is 11.3 Å². The first-order chi connectivity index (χ1) is 9.37. The summed E-state index contributed by atoms with van der Waals surface area (Å²) in [6.45, 7) is 11.6. The van der Waals surface area contributed by atoms with E-state index in [1.807, 2.05) is 11.7 Å². The Morgan fingerprint density at radius 3 is 2.80 bits per heavy atom. The second-order valence-electron chi connectivity index (χ2n) is 7.74. The zero-order valence-electron chi connectivity index (χ0n) is 13.8. The van der Waals surface area contributed by atoms with Gasteiger partial charge < -0.3 is 5.32 Å². The molecule has 2 atom stereocenters. The van der Waals surface area contributed by atoms with Crippen LogP contribution in [0.15, 0.2) is 12.3 Å². The minimum absolute atomic E-state index is 0.455. The van der Waals surface area contributed by atoms with E-state index in [4.69, 9.17) is 0 Å². The van der Waals surface area contributed by atoms with Crippen molar-refractivity contribution in [2.75, 3.05) is 13.1 Å². The fraction of sp³-hybridized carbons (Fsp3) is 0.824. The molecule has 1 aliphatic rings. The summed E-state index contributed by atoms with van der Waals surface area (Å²) in [7, 11) is 2.02.